The predicted molar refractivity (Wildman–Crippen MR) is 76.4 cm³/mol. The third-order valence-corrected chi connectivity index (χ3v) is 3.50. The maximum absolute atomic E-state index is 12.5. The van der Waals surface area contributed by atoms with Crippen molar-refractivity contribution in [2.75, 3.05) is 7.05 Å². The minimum atomic E-state index is -0.00246. The van der Waals surface area contributed by atoms with Crippen molar-refractivity contribution in [3.05, 3.63) is 34.9 Å². The second-order valence-corrected chi connectivity index (χ2v) is 5.03. The van der Waals surface area contributed by atoms with Gasteiger partial charge in [0.2, 0.25) is 0 Å². The molecular formula is C14H21N5O. The van der Waals surface area contributed by atoms with Crippen LogP contribution in [-0.2, 0) is 20.1 Å². The Labute approximate surface area is 119 Å². The lowest BCUT2D eigenvalue weighted by molar-refractivity contribution is 0.0783. The third-order valence-electron chi connectivity index (χ3n) is 3.50. The van der Waals surface area contributed by atoms with Crippen LogP contribution in [0, 0.1) is 13.8 Å². The van der Waals surface area contributed by atoms with Gasteiger partial charge in [-0.2, -0.15) is 10.2 Å². The fraction of sp³-hybridized carbons (Fsp3) is 0.500. The molecule has 2 heterocycles. The van der Waals surface area contributed by atoms with Crippen LogP contribution in [0.25, 0.3) is 0 Å². The molecule has 108 valence electrons. The van der Waals surface area contributed by atoms with Gasteiger partial charge in [0, 0.05) is 44.6 Å². The number of amides is 1. The summed E-state index contributed by atoms with van der Waals surface area (Å²) in [5.74, 6) is -0.00246. The van der Waals surface area contributed by atoms with Crippen molar-refractivity contribution in [2.45, 2.75) is 33.9 Å². The quantitative estimate of drug-likeness (QED) is 0.850. The first-order valence-electron chi connectivity index (χ1n) is 6.71. The number of rotatable bonds is 4. The third kappa shape index (κ3) is 2.59. The van der Waals surface area contributed by atoms with Crippen LogP contribution in [0.1, 0.15) is 34.2 Å². The van der Waals surface area contributed by atoms with E-state index in [-0.39, 0.29) is 5.91 Å². The van der Waals surface area contributed by atoms with Crippen LogP contribution in [0.4, 0.5) is 0 Å². The van der Waals surface area contributed by atoms with Gasteiger partial charge in [-0.3, -0.25) is 14.2 Å². The maximum atomic E-state index is 12.5. The lowest BCUT2D eigenvalue weighted by Gasteiger charge is -2.16. The number of carbonyl (C=O) groups is 1. The first-order valence-corrected chi connectivity index (χ1v) is 6.71. The van der Waals surface area contributed by atoms with E-state index in [1.54, 1.807) is 22.8 Å². The highest BCUT2D eigenvalue weighted by molar-refractivity contribution is 5.96. The summed E-state index contributed by atoms with van der Waals surface area (Å²) >= 11 is 0. The molecule has 0 bridgehead atoms. The molecule has 0 radical (unpaired) electrons. The van der Waals surface area contributed by atoms with E-state index >= 15 is 0 Å². The van der Waals surface area contributed by atoms with Crippen molar-refractivity contribution in [2.24, 2.45) is 7.05 Å². The minimum absolute atomic E-state index is 0.00246. The Morgan fingerprint density at radius 1 is 1.40 bits per heavy atom. The number of hydrogen-bond acceptors (Lipinski definition) is 3. The zero-order chi connectivity index (χ0) is 14.9. The second kappa shape index (κ2) is 5.48. The summed E-state index contributed by atoms with van der Waals surface area (Å²) < 4.78 is 3.60. The Bertz CT molecular complexity index is 626. The average Bonchev–Trinajstić information content (AvgIpc) is 2.95. The molecule has 0 spiro atoms. The molecule has 0 atom stereocenters. The summed E-state index contributed by atoms with van der Waals surface area (Å²) in [7, 11) is 3.65. The smallest absolute Gasteiger partial charge is 0.257 e. The van der Waals surface area contributed by atoms with Gasteiger partial charge in [0.25, 0.3) is 5.91 Å². The SMILES string of the molecule is CCn1cc(CN(C)C(=O)c2c(C)nn(C)c2C)cn1. The van der Waals surface area contributed by atoms with Gasteiger partial charge in [-0.1, -0.05) is 0 Å². The van der Waals surface area contributed by atoms with Crippen LogP contribution in [0.2, 0.25) is 0 Å². The van der Waals surface area contributed by atoms with Crippen molar-refractivity contribution in [1.29, 1.82) is 0 Å². The Morgan fingerprint density at radius 3 is 2.60 bits per heavy atom. The van der Waals surface area contributed by atoms with E-state index in [1.165, 1.54) is 0 Å². The fourth-order valence-corrected chi connectivity index (χ4v) is 2.28. The van der Waals surface area contributed by atoms with Gasteiger partial charge < -0.3 is 4.90 Å². The Balaban J connectivity index is 2.16. The number of nitrogens with zero attached hydrogens (tertiary/aromatic N) is 5. The van der Waals surface area contributed by atoms with E-state index < -0.39 is 0 Å². The summed E-state index contributed by atoms with van der Waals surface area (Å²) in [6.07, 6.45) is 3.77. The van der Waals surface area contributed by atoms with E-state index in [2.05, 4.69) is 10.2 Å². The first-order chi connectivity index (χ1) is 9.43. The average molecular weight is 275 g/mol. The van der Waals surface area contributed by atoms with Crippen LogP contribution >= 0.6 is 0 Å². The standard InChI is InChI=1S/C14H21N5O/c1-6-19-9-12(7-15-19)8-17(4)14(20)13-10(2)16-18(5)11(13)3/h7,9H,6,8H2,1-5H3. The van der Waals surface area contributed by atoms with Crippen LogP contribution in [0.5, 0.6) is 0 Å². The summed E-state index contributed by atoms with van der Waals surface area (Å²) in [6, 6.07) is 0. The number of aromatic nitrogens is 4. The maximum Gasteiger partial charge on any atom is 0.257 e. The van der Waals surface area contributed by atoms with E-state index in [9.17, 15) is 4.79 Å². The Hall–Kier alpha value is -2.11. The molecule has 0 saturated carbocycles. The van der Waals surface area contributed by atoms with E-state index in [0.717, 1.165) is 23.5 Å². The highest BCUT2D eigenvalue weighted by Crippen LogP contribution is 2.15. The lowest BCUT2D eigenvalue weighted by atomic mass is 10.1. The largest absolute Gasteiger partial charge is 0.337 e. The second-order valence-electron chi connectivity index (χ2n) is 5.03. The zero-order valence-corrected chi connectivity index (χ0v) is 12.7. The highest BCUT2D eigenvalue weighted by atomic mass is 16.2. The van der Waals surface area contributed by atoms with Gasteiger partial charge in [0.1, 0.15) is 0 Å². The molecule has 6 nitrogen and oxygen atoms in total. The van der Waals surface area contributed by atoms with Crippen LogP contribution in [0.3, 0.4) is 0 Å². The number of hydrogen-bond donors (Lipinski definition) is 0. The molecular weight excluding hydrogens is 254 g/mol. The molecule has 0 fully saturated rings. The molecule has 2 aromatic heterocycles. The normalized spacial score (nSPS) is 10.8. The van der Waals surface area contributed by atoms with Gasteiger partial charge in [-0.15, -0.1) is 0 Å². The van der Waals surface area contributed by atoms with Gasteiger partial charge in [-0.25, -0.2) is 0 Å². The van der Waals surface area contributed by atoms with Crippen molar-refractivity contribution < 1.29 is 4.79 Å². The predicted octanol–water partition coefficient (Wildman–Crippen LogP) is 1.53. The topological polar surface area (TPSA) is 56.0 Å². The Morgan fingerprint density at radius 2 is 2.10 bits per heavy atom. The van der Waals surface area contributed by atoms with Gasteiger partial charge in [-0.05, 0) is 20.8 Å². The minimum Gasteiger partial charge on any atom is -0.337 e. The molecule has 0 aliphatic carbocycles. The van der Waals surface area contributed by atoms with E-state index in [0.29, 0.717) is 12.1 Å². The molecule has 0 unspecified atom stereocenters. The monoisotopic (exact) mass is 275 g/mol. The number of aryl methyl sites for hydroxylation is 3. The summed E-state index contributed by atoms with van der Waals surface area (Å²) in [5, 5.41) is 8.51. The van der Waals surface area contributed by atoms with Gasteiger partial charge in [0.15, 0.2) is 0 Å². The van der Waals surface area contributed by atoms with Gasteiger partial charge >= 0.3 is 0 Å². The van der Waals surface area contributed by atoms with Crippen LogP contribution in [0.15, 0.2) is 12.4 Å². The molecule has 0 aliphatic rings. The van der Waals surface area contributed by atoms with Crippen LogP contribution < -0.4 is 0 Å². The number of carbonyl (C=O) groups excluding carboxylic acids is 1. The first kappa shape index (κ1) is 14.3. The zero-order valence-electron chi connectivity index (χ0n) is 12.7. The molecule has 0 N–H and O–H groups in total. The summed E-state index contributed by atoms with van der Waals surface area (Å²) in [5.41, 5.74) is 3.38. The van der Waals surface area contributed by atoms with Crippen molar-refractivity contribution in [1.82, 2.24) is 24.5 Å². The van der Waals surface area contributed by atoms with E-state index in [1.807, 2.05) is 38.7 Å². The van der Waals surface area contributed by atoms with Crippen LogP contribution in [-0.4, -0.2) is 37.4 Å². The molecule has 6 heteroatoms. The molecule has 2 aromatic rings. The lowest BCUT2D eigenvalue weighted by Crippen LogP contribution is -2.27. The molecule has 0 saturated heterocycles. The molecule has 2 rings (SSSR count). The molecule has 0 aromatic carbocycles. The van der Waals surface area contributed by atoms with Crippen molar-refractivity contribution in [3.63, 3.8) is 0 Å². The van der Waals surface area contributed by atoms with Gasteiger partial charge in [0.05, 0.1) is 17.5 Å². The molecule has 0 aliphatic heterocycles. The van der Waals surface area contributed by atoms with Crippen molar-refractivity contribution >= 4 is 5.91 Å². The summed E-state index contributed by atoms with van der Waals surface area (Å²) in [6.45, 7) is 7.19. The molecule has 1 amide bonds. The Kier molecular flexibility index (Phi) is 3.92. The highest BCUT2D eigenvalue weighted by Gasteiger charge is 2.21. The summed E-state index contributed by atoms with van der Waals surface area (Å²) in [4.78, 5) is 14.2. The van der Waals surface area contributed by atoms with E-state index in [4.69, 9.17) is 0 Å². The fourth-order valence-electron chi connectivity index (χ4n) is 2.28. The van der Waals surface area contributed by atoms with Crippen molar-refractivity contribution in [3.8, 4) is 0 Å². The molecule has 20 heavy (non-hydrogen) atoms.